The van der Waals surface area contributed by atoms with Crippen molar-refractivity contribution >= 4 is 50.2 Å². The number of ether oxygens (including phenoxy) is 1. The Morgan fingerprint density at radius 1 is 0.947 bits per heavy atom. The third kappa shape index (κ3) is 6.32. The first-order valence-electron chi connectivity index (χ1n) is 11.3. The fourth-order valence-corrected chi connectivity index (χ4v) is 4.31. The van der Waals surface area contributed by atoms with E-state index in [0.29, 0.717) is 0 Å². The monoisotopic (exact) mass is 542 g/mol. The first-order chi connectivity index (χ1) is 18.0. The molecular formula is C26H21F3N4O4S. The van der Waals surface area contributed by atoms with E-state index in [9.17, 15) is 27.6 Å². The third-order valence-corrected chi connectivity index (χ3v) is 6.39. The maximum atomic E-state index is 12.6. The van der Waals surface area contributed by atoms with Crippen LogP contribution in [0.2, 0.25) is 0 Å². The number of amides is 1. The number of nitrogens with one attached hydrogen (secondary N) is 2. The summed E-state index contributed by atoms with van der Waals surface area (Å²) in [5, 5.41) is 6.33. The Balaban J connectivity index is 1.40. The number of benzene rings is 2. The van der Waals surface area contributed by atoms with Crippen LogP contribution in [0.3, 0.4) is 0 Å². The molecule has 8 nitrogen and oxygen atoms in total. The van der Waals surface area contributed by atoms with Gasteiger partial charge in [-0.05, 0) is 47.4 Å². The van der Waals surface area contributed by atoms with Crippen LogP contribution < -0.4 is 10.6 Å². The number of anilines is 2. The summed E-state index contributed by atoms with van der Waals surface area (Å²) in [6, 6.07) is 14.5. The number of fused-ring (bicyclic) bond motifs is 1. The lowest BCUT2D eigenvalue weighted by atomic mass is 10.0. The highest BCUT2D eigenvalue weighted by Crippen LogP contribution is 2.29. The molecule has 0 saturated carbocycles. The molecule has 0 aliphatic heterocycles. The van der Waals surface area contributed by atoms with Gasteiger partial charge in [0.2, 0.25) is 0 Å². The fourth-order valence-electron chi connectivity index (χ4n) is 3.45. The van der Waals surface area contributed by atoms with E-state index in [4.69, 9.17) is 0 Å². The van der Waals surface area contributed by atoms with Gasteiger partial charge in [0.15, 0.2) is 5.13 Å². The molecule has 2 aromatic carbocycles. The summed E-state index contributed by atoms with van der Waals surface area (Å²) in [7, 11) is 0. The van der Waals surface area contributed by atoms with Gasteiger partial charge in [0.1, 0.15) is 11.6 Å². The van der Waals surface area contributed by atoms with Crippen LogP contribution in [-0.4, -0.2) is 40.0 Å². The van der Waals surface area contributed by atoms with Gasteiger partial charge in [-0.3, -0.25) is 9.78 Å². The zero-order valence-electron chi connectivity index (χ0n) is 20.1. The van der Waals surface area contributed by atoms with Gasteiger partial charge < -0.3 is 15.4 Å². The quantitative estimate of drug-likeness (QED) is 0.235. The zero-order chi connectivity index (χ0) is 27.4. The van der Waals surface area contributed by atoms with E-state index in [-0.39, 0.29) is 5.56 Å². The Kier molecular flexibility index (Phi) is 7.72. The molecule has 1 amide bonds. The summed E-state index contributed by atoms with van der Waals surface area (Å²) < 4.78 is 42.2. The molecule has 4 aromatic rings. The normalized spacial score (nSPS) is 12.3. The van der Waals surface area contributed by atoms with E-state index in [0.717, 1.165) is 32.2 Å². The molecule has 0 aliphatic carbocycles. The SMILES string of the molecule is CC(C)[C@H](NC(=O)c1ccc(-c2ccc(Nc3nc4cnccc4s3)cc2)cc1)C(=O)OC(=O)C(F)(F)F. The number of carbonyl (C=O) groups excluding carboxylic acids is 3. The average molecular weight is 543 g/mol. The van der Waals surface area contributed by atoms with E-state index >= 15 is 0 Å². The zero-order valence-corrected chi connectivity index (χ0v) is 20.9. The number of rotatable bonds is 7. The maximum absolute atomic E-state index is 12.6. The van der Waals surface area contributed by atoms with Crippen LogP contribution in [0.1, 0.15) is 24.2 Å². The maximum Gasteiger partial charge on any atom is 0.491 e. The van der Waals surface area contributed by atoms with Crippen LogP contribution in [0.15, 0.2) is 67.0 Å². The molecule has 0 bridgehead atoms. The lowest BCUT2D eigenvalue weighted by Gasteiger charge is -2.20. The predicted molar refractivity (Wildman–Crippen MR) is 136 cm³/mol. The highest BCUT2D eigenvalue weighted by atomic mass is 32.1. The van der Waals surface area contributed by atoms with Crippen LogP contribution in [-0.2, 0) is 14.3 Å². The van der Waals surface area contributed by atoms with Gasteiger partial charge in [-0.2, -0.15) is 13.2 Å². The minimum Gasteiger partial charge on any atom is -0.385 e. The minimum absolute atomic E-state index is 0.179. The molecule has 12 heteroatoms. The van der Waals surface area contributed by atoms with Crippen LogP contribution in [0.4, 0.5) is 24.0 Å². The highest BCUT2D eigenvalue weighted by molar-refractivity contribution is 7.22. The van der Waals surface area contributed by atoms with Crippen LogP contribution in [0.25, 0.3) is 21.3 Å². The molecule has 2 N–H and O–H groups in total. The van der Waals surface area contributed by atoms with Crippen molar-refractivity contribution in [2.45, 2.75) is 26.1 Å². The topological polar surface area (TPSA) is 110 Å². The molecule has 0 aliphatic rings. The number of alkyl halides is 3. The number of hydrogen-bond acceptors (Lipinski definition) is 8. The van der Waals surface area contributed by atoms with Crippen LogP contribution in [0.5, 0.6) is 0 Å². The fraction of sp³-hybridized carbons (Fsp3) is 0.192. The van der Waals surface area contributed by atoms with Gasteiger partial charge in [-0.15, -0.1) is 0 Å². The summed E-state index contributed by atoms with van der Waals surface area (Å²) in [5.74, 6) is -5.44. The first-order valence-corrected chi connectivity index (χ1v) is 12.1. The second kappa shape index (κ2) is 11.0. The van der Waals surface area contributed by atoms with Crippen molar-refractivity contribution in [3.05, 3.63) is 72.6 Å². The number of nitrogens with zero attached hydrogens (tertiary/aromatic N) is 2. The van der Waals surface area contributed by atoms with Gasteiger partial charge in [0.25, 0.3) is 5.91 Å². The number of hydrogen-bond donors (Lipinski definition) is 2. The second-order valence-corrected chi connectivity index (χ2v) is 9.57. The van der Waals surface area contributed by atoms with Crippen molar-refractivity contribution in [1.82, 2.24) is 15.3 Å². The molecular weight excluding hydrogens is 521 g/mol. The number of pyridine rings is 1. The van der Waals surface area contributed by atoms with Crippen LogP contribution in [0, 0.1) is 5.92 Å². The molecule has 38 heavy (non-hydrogen) atoms. The van der Waals surface area contributed by atoms with Gasteiger partial charge in [-0.25, -0.2) is 14.6 Å². The summed E-state index contributed by atoms with van der Waals surface area (Å²) >= 11 is 1.51. The van der Waals surface area contributed by atoms with E-state index in [1.165, 1.54) is 37.3 Å². The number of aromatic nitrogens is 2. The van der Waals surface area contributed by atoms with E-state index in [2.05, 4.69) is 25.3 Å². The van der Waals surface area contributed by atoms with Gasteiger partial charge in [0.05, 0.1) is 10.9 Å². The van der Waals surface area contributed by atoms with Crippen molar-refractivity contribution < 1.29 is 32.3 Å². The Labute approximate surface area is 218 Å². The number of halogens is 3. The number of carbonyl (C=O) groups is 3. The standard InChI is InChI=1S/C26H21F3N4O4S/c1-14(2)21(23(35)37-24(36)26(27,28)29)33-22(34)17-5-3-15(4-6-17)16-7-9-18(10-8-16)31-25-32-19-13-30-12-11-20(19)38-25/h3-14,21H,1-2H3,(H,31,32)(H,33,34)/t21-/m0/s1. The smallest absolute Gasteiger partial charge is 0.385 e. The molecule has 0 fully saturated rings. The van der Waals surface area contributed by atoms with Crippen LogP contribution >= 0.6 is 11.3 Å². The van der Waals surface area contributed by atoms with Crippen molar-refractivity contribution in [2.75, 3.05) is 5.32 Å². The first kappa shape index (κ1) is 26.7. The lowest BCUT2D eigenvalue weighted by molar-refractivity contribution is -0.202. The number of thiazole rings is 1. The predicted octanol–water partition coefficient (Wildman–Crippen LogP) is 5.49. The summed E-state index contributed by atoms with van der Waals surface area (Å²) in [6.07, 6.45) is -1.91. The largest absolute Gasteiger partial charge is 0.491 e. The Hall–Kier alpha value is -4.32. The molecule has 0 radical (unpaired) electrons. The van der Waals surface area contributed by atoms with Crippen molar-refractivity contribution in [3.63, 3.8) is 0 Å². The molecule has 0 saturated heterocycles. The van der Waals surface area contributed by atoms with Crippen molar-refractivity contribution in [2.24, 2.45) is 5.92 Å². The molecule has 0 unspecified atom stereocenters. The van der Waals surface area contributed by atoms with Gasteiger partial charge in [-0.1, -0.05) is 49.4 Å². The highest BCUT2D eigenvalue weighted by Gasteiger charge is 2.43. The lowest BCUT2D eigenvalue weighted by Crippen LogP contribution is -2.47. The molecule has 4 rings (SSSR count). The second-order valence-electron chi connectivity index (χ2n) is 8.54. The minimum atomic E-state index is -5.32. The molecule has 2 heterocycles. The molecule has 2 aromatic heterocycles. The van der Waals surface area contributed by atoms with Crippen molar-refractivity contribution in [3.8, 4) is 11.1 Å². The van der Waals surface area contributed by atoms with Gasteiger partial charge in [0, 0.05) is 17.4 Å². The number of esters is 2. The van der Waals surface area contributed by atoms with E-state index in [1.54, 1.807) is 24.5 Å². The molecule has 196 valence electrons. The molecule has 0 spiro atoms. The van der Waals surface area contributed by atoms with Gasteiger partial charge >= 0.3 is 18.1 Å². The average Bonchev–Trinajstić information content (AvgIpc) is 3.29. The summed E-state index contributed by atoms with van der Waals surface area (Å²) in [5.41, 5.74) is 3.53. The van der Waals surface area contributed by atoms with E-state index < -0.39 is 36.0 Å². The van der Waals surface area contributed by atoms with E-state index in [1.807, 2.05) is 30.3 Å². The Bertz CT molecular complexity index is 1440. The molecule has 1 atom stereocenters. The summed E-state index contributed by atoms with van der Waals surface area (Å²) in [4.78, 5) is 44.2. The third-order valence-electron chi connectivity index (χ3n) is 5.44. The Morgan fingerprint density at radius 3 is 2.16 bits per heavy atom. The van der Waals surface area contributed by atoms with Crippen molar-refractivity contribution in [1.29, 1.82) is 0 Å². The summed E-state index contributed by atoms with van der Waals surface area (Å²) in [6.45, 7) is 3.00. The Morgan fingerprint density at radius 2 is 1.58 bits per heavy atom.